The van der Waals surface area contributed by atoms with Crippen molar-refractivity contribution in [1.29, 1.82) is 0 Å². The van der Waals surface area contributed by atoms with Crippen LogP contribution in [0.3, 0.4) is 0 Å². The molecule has 0 saturated carbocycles. The highest BCUT2D eigenvalue weighted by Gasteiger charge is 2.16. The maximum atomic E-state index is 8.45. The van der Waals surface area contributed by atoms with Crippen LogP contribution in [0.1, 0.15) is 59.7 Å². The summed E-state index contributed by atoms with van der Waals surface area (Å²) in [4.78, 5) is 0. The van der Waals surface area contributed by atoms with Crippen LogP contribution in [0.5, 0.6) is 0 Å². The van der Waals surface area contributed by atoms with Crippen molar-refractivity contribution in [2.24, 2.45) is 7.05 Å². The summed E-state index contributed by atoms with van der Waals surface area (Å²) in [5, 5.41) is 0. The highest BCUT2D eigenvalue weighted by molar-refractivity contribution is 5.62. The Labute approximate surface area is 135 Å². The molecule has 1 heteroatoms. The molecule has 0 fully saturated rings. The van der Waals surface area contributed by atoms with Gasteiger partial charge in [0.2, 0.25) is 5.69 Å². The summed E-state index contributed by atoms with van der Waals surface area (Å²) in [7, 11) is 1.47. The molecule has 0 unspecified atom stereocenters. The van der Waals surface area contributed by atoms with Gasteiger partial charge in [-0.25, -0.2) is 4.57 Å². The third-order valence-electron chi connectivity index (χ3n) is 3.05. The van der Waals surface area contributed by atoms with E-state index in [1.165, 1.54) is 29.8 Å². The van der Waals surface area contributed by atoms with Crippen molar-refractivity contribution < 1.29 is 22.4 Å². The molecule has 0 spiro atoms. The van der Waals surface area contributed by atoms with Crippen LogP contribution in [0.4, 0.5) is 0 Å². The Kier molecular flexibility index (Phi) is 1.29. The number of aryl methyl sites for hydroxylation is 4. The predicted octanol–water partition coefficient (Wildman–Crippen LogP) is 4.23. The molecule has 1 nitrogen and oxygen atoms in total. The fourth-order valence-electron chi connectivity index (χ4n) is 2.07. The van der Waals surface area contributed by atoms with E-state index in [2.05, 4.69) is 0 Å². The molecule has 0 amide bonds. The number of hydrogen-bond acceptors (Lipinski definition) is 0. The van der Waals surface area contributed by atoms with Crippen molar-refractivity contribution in [1.82, 2.24) is 0 Å². The molecule has 2 rings (SSSR count). The molecule has 0 saturated heterocycles. The van der Waals surface area contributed by atoms with Gasteiger partial charge in [0.15, 0.2) is 6.20 Å². The lowest BCUT2D eigenvalue weighted by atomic mass is 9.96. The first-order valence-electron chi connectivity index (χ1n) is 12.3. The average Bonchev–Trinajstić information content (AvgIpc) is 2.57. The number of benzene rings is 1. The van der Waals surface area contributed by atoms with E-state index in [0.29, 0.717) is 16.8 Å². The summed E-state index contributed by atoms with van der Waals surface area (Å²) in [6.07, 6.45) is 1.06. The number of aromatic nitrogens is 1. The van der Waals surface area contributed by atoms with E-state index in [4.69, 9.17) is 17.8 Å². The van der Waals surface area contributed by atoms with Crippen LogP contribution in [-0.4, -0.2) is 0 Å². The van der Waals surface area contributed by atoms with Crippen molar-refractivity contribution in [2.45, 2.75) is 40.2 Å². The van der Waals surface area contributed by atoms with E-state index in [0.717, 1.165) is 12.3 Å². The third-order valence-corrected chi connectivity index (χ3v) is 3.05. The molecule has 1 heterocycles. The van der Waals surface area contributed by atoms with Gasteiger partial charge in [0.05, 0.1) is 0 Å². The lowest BCUT2D eigenvalue weighted by molar-refractivity contribution is -0.660. The van der Waals surface area contributed by atoms with E-state index in [1.54, 1.807) is 6.92 Å². The minimum atomic E-state index is -3.34. The van der Waals surface area contributed by atoms with E-state index in [1.807, 2.05) is 0 Å². The van der Waals surface area contributed by atoms with E-state index < -0.39 is 44.4 Å². The Morgan fingerprint density at radius 2 is 2.00 bits per heavy atom. The summed E-state index contributed by atoms with van der Waals surface area (Å²) in [5.41, 5.74) is 0.211. The predicted molar refractivity (Wildman–Crippen MR) is 81.4 cm³/mol. The second-order valence-corrected chi connectivity index (χ2v) is 4.50. The highest BCUT2D eigenvalue weighted by atomic mass is 14.9. The molecular formula is C18H24N+. The molecule has 100 valence electrons. The average molecular weight is 267 g/mol. The summed E-state index contributed by atoms with van der Waals surface area (Å²) >= 11 is 0. The van der Waals surface area contributed by atoms with Crippen LogP contribution < -0.4 is 4.57 Å². The van der Waals surface area contributed by atoms with E-state index in [-0.39, 0.29) is 5.56 Å². The number of pyridine rings is 1. The maximum absolute atomic E-state index is 8.45. The molecule has 0 radical (unpaired) electrons. The Hall–Kier alpha value is -1.63. The molecule has 1 aromatic heterocycles. The number of rotatable bonds is 2. The van der Waals surface area contributed by atoms with Gasteiger partial charge >= 0.3 is 0 Å². The van der Waals surface area contributed by atoms with Crippen LogP contribution in [-0.2, 0) is 7.05 Å². The second-order valence-electron chi connectivity index (χ2n) is 4.50. The van der Waals surface area contributed by atoms with Crippen LogP contribution in [0.25, 0.3) is 11.3 Å². The summed E-state index contributed by atoms with van der Waals surface area (Å²) in [6.45, 7) is -10.3. The van der Waals surface area contributed by atoms with E-state index >= 15 is 0 Å². The van der Waals surface area contributed by atoms with Gasteiger partial charge in [-0.05, 0) is 43.7 Å². The van der Waals surface area contributed by atoms with Gasteiger partial charge in [-0.1, -0.05) is 31.4 Å². The van der Waals surface area contributed by atoms with Gasteiger partial charge in [0.25, 0.3) is 0 Å². The quantitative estimate of drug-likeness (QED) is 0.717. The van der Waals surface area contributed by atoms with Crippen molar-refractivity contribution >= 4 is 0 Å². The Balaban J connectivity index is 2.90. The summed E-state index contributed by atoms with van der Waals surface area (Å²) in [5.74, 6) is -3.18. The standard InChI is InChI=1S/C18H24N/c1-12(2)17-11-19(6)18(10-15(17)5)16-8-7-13(3)9-14(16)4/h7-12H,1-6H3/q+1/i1D3,2D3,3D3,5D3,12D. The molecule has 2 aromatic rings. The SMILES string of the molecule is [2H]C([2H])([2H])c1ccc(-c2cc(C([2H])([2H])[2H])c(C([2H])(C([2H])([2H])[2H])C([2H])([2H])[2H])c[n+]2C)c(C)c1. The topological polar surface area (TPSA) is 3.88 Å². The largest absolute Gasteiger partial charge is 0.212 e. The Morgan fingerprint density at radius 3 is 2.63 bits per heavy atom. The van der Waals surface area contributed by atoms with Crippen LogP contribution >= 0.6 is 0 Å². The smallest absolute Gasteiger partial charge is 0.201 e. The molecular weight excluding hydrogens is 230 g/mol. The van der Waals surface area contributed by atoms with Gasteiger partial charge < -0.3 is 0 Å². The first-order chi connectivity index (χ1) is 14.1. The molecule has 0 N–H and O–H groups in total. The number of hydrogen-bond donors (Lipinski definition) is 0. The zero-order valence-corrected chi connectivity index (χ0v) is 10.8. The minimum Gasteiger partial charge on any atom is -0.201 e. The van der Waals surface area contributed by atoms with Gasteiger partial charge in [0.1, 0.15) is 7.05 Å². The van der Waals surface area contributed by atoms with Gasteiger partial charge in [-0.3, -0.25) is 0 Å². The monoisotopic (exact) mass is 267 g/mol. The number of nitrogens with zero attached hydrogens (tertiary/aromatic N) is 1. The second kappa shape index (κ2) is 5.16. The van der Waals surface area contributed by atoms with Crippen LogP contribution in [0, 0.1) is 20.6 Å². The minimum absolute atomic E-state index is 0.101. The molecule has 0 atom stereocenters. The maximum Gasteiger partial charge on any atom is 0.212 e. The zero-order chi connectivity index (χ0) is 25.1. The van der Waals surface area contributed by atoms with Gasteiger partial charge in [-0.2, -0.15) is 0 Å². The zero-order valence-electron chi connectivity index (χ0n) is 23.8. The fraction of sp³-hybridized carbons (Fsp3) is 0.389. The molecule has 0 bridgehead atoms. The van der Waals surface area contributed by atoms with Gasteiger partial charge in [0, 0.05) is 35.0 Å². The first-order valence-corrected chi connectivity index (χ1v) is 5.78. The van der Waals surface area contributed by atoms with Crippen molar-refractivity contribution in [3.05, 3.63) is 52.7 Å². The molecule has 0 aliphatic carbocycles. The van der Waals surface area contributed by atoms with Crippen molar-refractivity contribution in [3.63, 3.8) is 0 Å². The Bertz CT molecular complexity index is 996. The van der Waals surface area contributed by atoms with Crippen LogP contribution in [0.15, 0.2) is 30.5 Å². The highest BCUT2D eigenvalue weighted by Crippen LogP contribution is 2.25. The van der Waals surface area contributed by atoms with Gasteiger partial charge in [-0.15, -0.1) is 0 Å². The Morgan fingerprint density at radius 1 is 1.16 bits per heavy atom. The lowest BCUT2D eigenvalue weighted by Crippen LogP contribution is -2.32. The third kappa shape index (κ3) is 2.70. The van der Waals surface area contributed by atoms with Crippen molar-refractivity contribution in [2.75, 3.05) is 0 Å². The summed E-state index contributed by atoms with van der Waals surface area (Å²) in [6, 6.07) is 5.50. The van der Waals surface area contributed by atoms with E-state index in [9.17, 15) is 0 Å². The molecule has 19 heavy (non-hydrogen) atoms. The van der Waals surface area contributed by atoms with Crippen molar-refractivity contribution in [3.8, 4) is 11.3 Å². The van der Waals surface area contributed by atoms with Crippen LogP contribution in [0.2, 0.25) is 0 Å². The molecule has 1 aromatic carbocycles. The molecule has 0 aliphatic rings. The lowest BCUT2D eigenvalue weighted by Gasteiger charge is -2.11. The molecule has 0 aliphatic heterocycles. The first kappa shape index (κ1) is 4.73. The summed E-state index contributed by atoms with van der Waals surface area (Å²) < 4.78 is 102. The normalized spacial score (nSPS) is 24.4. The fourth-order valence-corrected chi connectivity index (χ4v) is 2.07.